The van der Waals surface area contributed by atoms with Gasteiger partial charge < -0.3 is 9.80 Å². The summed E-state index contributed by atoms with van der Waals surface area (Å²) in [6.07, 6.45) is 5.71. The highest BCUT2D eigenvalue weighted by Crippen LogP contribution is 2.25. The van der Waals surface area contributed by atoms with Gasteiger partial charge in [0.15, 0.2) is 5.82 Å². The predicted octanol–water partition coefficient (Wildman–Crippen LogP) is 4.01. The number of piperidine rings is 2. The topological polar surface area (TPSA) is 49.3 Å². The van der Waals surface area contributed by atoms with Crippen LogP contribution in [-0.4, -0.2) is 47.0 Å². The monoisotopic (exact) mass is 364 g/mol. The fourth-order valence-electron chi connectivity index (χ4n) is 3.92. The number of likely N-dealkylation sites (tertiary alicyclic amines) is 1. The second kappa shape index (κ2) is 8.07. The molecule has 5 nitrogen and oxygen atoms in total. The molecule has 0 N–H and O–H groups in total. The van der Waals surface area contributed by atoms with Gasteiger partial charge in [0.2, 0.25) is 0 Å². The Labute approximate surface area is 161 Å². The summed E-state index contributed by atoms with van der Waals surface area (Å²) < 4.78 is 0. The average Bonchev–Trinajstić information content (AvgIpc) is 2.74. The third-order valence-corrected chi connectivity index (χ3v) is 5.71. The Balaban J connectivity index is 1.69. The number of carbonyl (C=O) groups is 1. The fraction of sp³-hybridized carbons (Fsp3) is 0.500. The number of rotatable bonds is 3. The first kappa shape index (κ1) is 18.0. The van der Waals surface area contributed by atoms with Gasteiger partial charge in [0.05, 0.1) is 0 Å². The zero-order valence-corrected chi connectivity index (χ0v) is 16.1. The largest absolute Gasteiger partial charge is 0.356 e. The molecule has 2 saturated heterocycles. The normalized spacial score (nSPS) is 18.6. The molecular weight excluding hydrogens is 336 g/mol. The summed E-state index contributed by atoms with van der Waals surface area (Å²) in [5.74, 6) is 2.33. The molecule has 27 heavy (non-hydrogen) atoms. The van der Waals surface area contributed by atoms with Crippen molar-refractivity contribution >= 4 is 11.7 Å². The third kappa shape index (κ3) is 4.12. The maximum Gasteiger partial charge on any atom is 0.272 e. The lowest BCUT2D eigenvalue weighted by Gasteiger charge is -2.32. The number of hydrogen-bond acceptors (Lipinski definition) is 4. The van der Waals surface area contributed by atoms with E-state index in [1.165, 1.54) is 19.3 Å². The second-order valence-electron chi connectivity index (χ2n) is 7.82. The highest BCUT2D eigenvalue weighted by atomic mass is 16.2. The van der Waals surface area contributed by atoms with Crippen LogP contribution in [0.3, 0.4) is 0 Å². The number of hydrogen-bond donors (Lipinski definition) is 0. The number of aromatic nitrogens is 2. The standard InChI is InChI=1S/C22H28N4O/c1-17-10-14-25(15-11-17)20-16-19(22(27)26-12-6-3-7-13-26)23-21(24-20)18-8-4-2-5-9-18/h2,4-5,8-9,16-17H,3,6-7,10-15H2,1H3. The van der Waals surface area contributed by atoms with Crippen LogP contribution >= 0.6 is 0 Å². The van der Waals surface area contributed by atoms with Crippen molar-refractivity contribution < 1.29 is 4.79 Å². The summed E-state index contributed by atoms with van der Waals surface area (Å²) in [7, 11) is 0. The van der Waals surface area contributed by atoms with E-state index < -0.39 is 0 Å². The Morgan fingerprint density at radius 1 is 0.963 bits per heavy atom. The number of nitrogens with zero attached hydrogens (tertiary/aromatic N) is 4. The summed E-state index contributed by atoms with van der Waals surface area (Å²) in [5.41, 5.74) is 1.48. The van der Waals surface area contributed by atoms with Crippen molar-refractivity contribution in [2.45, 2.75) is 39.0 Å². The molecular formula is C22H28N4O. The van der Waals surface area contributed by atoms with Crippen LogP contribution < -0.4 is 4.90 Å². The lowest BCUT2D eigenvalue weighted by Crippen LogP contribution is -2.37. The second-order valence-corrected chi connectivity index (χ2v) is 7.82. The van der Waals surface area contributed by atoms with E-state index in [1.807, 2.05) is 41.3 Å². The van der Waals surface area contributed by atoms with Crippen LogP contribution in [0.1, 0.15) is 49.5 Å². The Kier molecular flexibility index (Phi) is 5.37. The minimum Gasteiger partial charge on any atom is -0.356 e. The van der Waals surface area contributed by atoms with Crippen LogP contribution in [0, 0.1) is 5.92 Å². The molecule has 2 aromatic rings. The average molecular weight is 364 g/mol. The van der Waals surface area contributed by atoms with E-state index in [-0.39, 0.29) is 5.91 Å². The van der Waals surface area contributed by atoms with Gasteiger partial charge >= 0.3 is 0 Å². The molecule has 0 unspecified atom stereocenters. The molecule has 0 radical (unpaired) electrons. The lowest BCUT2D eigenvalue weighted by atomic mass is 9.99. The molecule has 3 heterocycles. The van der Waals surface area contributed by atoms with Gasteiger partial charge in [-0.15, -0.1) is 0 Å². The van der Waals surface area contributed by atoms with Gasteiger partial charge in [0.25, 0.3) is 5.91 Å². The zero-order chi connectivity index (χ0) is 18.6. The first-order valence-electron chi connectivity index (χ1n) is 10.2. The summed E-state index contributed by atoms with van der Waals surface area (Å²) in [6, 6.07) is 11.9. The van der Waals surface area contributed by atoms with Gasteiger partial charge in [0, 0.05) is 37.8 Å². The van der Waals surface area contributed by atoms with Crippen LogP contribution in [0.5, 0.6) is 0 Å². The lowest BCUT2D eigenvalue weighted by molar-refractivity contribution is 0.0718. The minimum atomic E-state index is 0.0425. The van der Waals surface area contributed by atoms with Crippen LogP contribution in [0.2, 0.25) is 0 Å². The van der Waals surface area contributed by atoms with Gasteiger partial charge in [-0.3, -0.25) is 4.79 Å². The molecule has 0 atom stereocenters. The molecule has 0 spiro atoms. The molecule has 1 amide bonds. The summed E-state index contributed by atoms with van der Waals surface area (Å²) >= 11 is 0. The molecule has 4 rings (SSSR count). The third-order valence-electron chi connectivity index (χ3n) is 5.71. The van der Waals surface area contributed by atoms with Crippen molar-refractivity contribution in [3.05, 3.63) is 42.1 Å². The van der Waals surface area contributed by atoms with E-state index >= 15 is 0 Å². The molecule has 0 aliphatic carbocycles. The van der Waals surface area contributed by atoms with Crippen LogP contribution in [-0.2, 0) is 0 Å². The molecule has 142 valence electrons. The van der Waals surface area contributed by atoms with Crippen molar-refractivity contribution in [3.63, 3.8) is 0 Å². The molecule has 0 saturated carbocycles. The highest BCUT2D eigenvalue weighted by Gasteiger charge is 2.24. The Hall–Kier alpha value is -2.43. The van der Waals surface area contributed by atoms with E-state index in [0.29, 0.717) is 11.5 Å². The SMILES string of the molecule is CC1CCN(c2cc(C(=O)N3CCCCC3)nc(-c3ccccc3)n2)CC1. The molecule has 2 aliphatic rings. The molecule has 0 bridgehead atoms. The molecule has 1 aromatic carbocycles. The van der Waals surface area contributed by atoms with E-state index in [4.69, 9.17) is 4.98 Å². The molecule has 2 fully saturated rings. The fourth-order valence-corrected chi connectivity index (χ4v) is 3.92. The summed E-state index contributed by atoms with van der Waals surface area (Å²) in [6.45, 7) is 5.95. The number of carbonyl (C=O) groups excluding carboxylic acids is 1. The number of anilines is 1. The van der Waals surface area contributed by atoms with Gasteiger partial charge in [-0.25, -0.2) is 9.97 Å². The van der Waals surface area contributed by atoms with Crippen LogP contribution in [0.15, 0.2) is 36.4 Å². The minimum absolute atomic E-state index is 0.0425. The zero-order valence-electron chi connectivity index (χ0n) is 16.1. The highest BCUT2D eigenvalue weighted by molar-refractivity contribution is 5.93. The van der Waals surface area contributed by atoms with Crippen molar-refractivity contribution in [1.29, 1.82) is 0 Å². The van der Waals surface area contributed by atoms with Crippen molar-refractivity contribution in [1.82, 2.24) is 14.9 Å². The van der Waals surface area contributed by atoms with E-state index in [2.05, 4.69) is 16.8 Å². The van der Waals surface area contributed by atoms with Gasteiger partial charge in [0.1, 0.15) is 11.5 Å². The summed E-state index contributed by atoms with van der Waals surface area (Å²) in [5, 5.41) is 0. The Bertz CT molecular complexity index is 778. The van der Waals surface area contributed by atoms with E-state index in [0.717, 1.165) is 56.3 Å². The maximum atomic E-state index is 13.1. The Morgan fingerprint density at radius 3 is 2.37 bits per heavy atom. The van der Waals surface area contributed by atoms with Crippen molar-refractivity contribution in [2.24, 2.45) is 5.92 Å². The number of amides is 1. The van der Waals surface area contributed by atoms with E-state index in [1.54, 1.807) is 0 Å². The van der Waals surface area contributed by atoms with E-state index in [9.17, 15) is 4.79 Å². The quantitative estimate of drug-likeness (QED) is 0.826. The van der Waals surface area contributed by atoms with Gasteiger partial charge in [-0.05, 0) is 38.0 Å². The first-order chi connectivity index (χ1) is 13.2. The summed E-state index contributed by atoms with van der Waals surface area (Å²) in [4.78, 5) is 26.8. The van der Waals surface area contributed by atoms with Crippen molar-refractivity contribution in [2.75, 3.05) is 31.1 Å². The van der Waals surface area contributed by atoms with Gasteiger partial charge in [-0.2, -0.15) is 0 Å². The molecule has 2 aliphatic heterocycles. The molecule has 1 aromatic heterocycles. The maximum absolute atomic E-state index is 13.1. The van der Waals surface area contributed by atoms with Gasteiger partial charge in [-0.1, -0.05) is 37.3 Å². The predicted molar refractivity (Wildman–Crippen MR) is 108 cm³/mol. The van der Waals surface area contributed by atoms with Crippen LogP contribution in [0.25, 0.3) is 11.4 Å². The molecule has 5 heteroatoms. The number of benzene rings is 1. The van der Waals surface area contributed by atoms with Crippen molar-refractivity contribution in [3.8, 4) is 11.4 Å². The smallest absolute Gasteiger partial charge is 0.272 e. The first-order valence-corrected chi connectivity index (χ1v) is 10.2. The Morgan fingerprint density at radius 2 is 1.67 bits per heavy atom. The van der Waals surface area contributed by atoms with Crippen LogP contribution in [0.4, 0.5) is 5.82 Å².